The molecule has 1 fully saturated rings. The summed E-state index contributed by atoms with van der Waals surface area (Å²) < 4.78 is 5.69. The molecule has 3 heteroatoms. The summed E-state index contributed by atoms with van der Waals surface area (Å²) >= 11 is 0. The third-order valence-electron chi connectivity index (χ3n) is 3.58. The van der Waals surface area contributed by atoms with Crippen LogP contribution in [0, 0.1) is 5.92 Å². The molecule has 2 N–H and O–H groups in total. The van der Waals surface area contributed by atoms with Gasteiger partial charge in [0.15, 0.2) is 0 Å². The molecule has 0 radical (unpaired) electrons. The van der Waals surface area contributed by atoms with E-state index in [4.69, 9.17) is 10.5 Å². The van der Waals surface area contributed by atoms with E-state index in [1.165, 1.54) is 25.9 Å². The topological polar surface area (TPSA) is 38.5 Å². The third-order valence-corrected chi connectivity index (χ3v) is 3.58. The van der Waals surface area contributed by atoms with E-state index in [0.717, 1.165) is 37.8 Å². The zero-order valence-corrected chi connectivity index (χ0v) is 11.1. The van der Waals surface area contributed by atoms with Gasteiger partial charge >= 0.3 is 0 Å². The first-order valence-corrected chi connectivity index (χ1v) is 6.99. The summed E-state index contributed by atoms with van der Waals surface area (Å²) in [6.07, 6.45) is 3.60. The van der Waals surface area contributed by atoms with E-state index in [-0.39, 0.29) is 0 Å². The van der Waals surface area contributed by atoms with E-state index in [1.54, 1.807) is 0 Å². The number of rotatable bonds is 7. The zero-order chi connectivity index (χ0) is 12.6. The van der Waals surface area contributed by atoms with Crippen molar-refractivity contribution in [2.24, 2.45) is 11.7 Å². The molecule has 3 nitrogen and oxygen atoms in total. The lowest BCUT2D eigenvalue weighted by molar-refractivity contribution is 0.258. The van der Waals surface area contributed by atoms with Crippen LogP contribution in [0.1, 0.15) is 19.3 Å². The first-order chi connectivity index (χ1) is 8.88. The van der Waals surface area contributed by atoms with Crippen LogP contribution in [0.3, 0.4) is 0 Å². The summed E-state index contributed by atoms with van der Waals surface area (Å²) in [6.45, 7) is 5.24. The fraction of sp³-hybridized carbons (Fsp3) is 0.600. The van der Waals surface area contributed by atoms with Crippen molar-refractivity contribution >= 4 is 0 Å². The molecule has 0 spiro atoms. The number of para-hydroxylation sites is 1. The van der Waals surface area contributed by atoms with Crippen LogP contribution in [0.2, 0.25) is 0 Å². The van der Waals surface area contributed by atoms with Gasteiger partial charge in [0.1, 0.15) is 5.75 Å². The third kappa shape index (κ3) is 4.31. The first kappa shape index (κ1) is 13.4. The molecular formula is C15H24N2O. The molecule has 1 aliphatic heterocycles. The Morgan fingerprint density at radius 3 is 2.89 bits per heavy atom. The Morgan fingerprint density at radius 1 is 1.28 bits per heavy atom. The number of nitrogens with zero attached hydrogens (tertiary/aromatic N) is 1. The lowest BCUT2D eigenvalue weighted by Gasteiger charge is -2.15. The molecule has 1 unspecified atom stereocenters. The molecule has 0 aliphatic carbocycles. The zero-order valence-electron chi connectivity index (χ0n) is 11.1. The van der Waals surface area contributed by atoms with Crippen LogP contribution in [0.4, 0.5) is 0 Å². The fourth-order valence-electron chi connectivity index (χ4n) is 2.58. The van der Waals surface area contributed by atoms with Crippen LogP contribution >= 0.6 is 0 Å². The van der Waals surface area contributed by atoms with Crippen molar-refractivity contribution in [1.82, 2.24) is 4.90 Å². The van der Waals surface area contributed by atoms with Gasteiger partial charge in [-0.05, 0) is 50.4 Å². The lowest BCUT2D eigenvalue weighted by atomic mass is 10.1. The van der Waals surface area contributed by atoms with Crippen LogP contribution in [0.5, 0.6) is 5.75 Å². The predicted octanol–water partition coefficient (Wildman–Crippen LogP) is 2.13. The molecule has 0 aromatic heterocycles. The molecule has 1 heterocycles. The molecule has 1 atom stereocenters. The van der Waals surface area contributed by atoms with Crippen molar-refractivity contribution < 1.29 is 4.74 Å². The van der Waals surface area contributed by atoms with Gasteiger partial charge in [-0.15, -0.1) is 0 Å². The maximum absolute atomic E-state index is 5.69. The molecule has 1 saturated heterocycles. The minimum Gasteiger partial charge on any atom is -0.494 e. The molecule has 18 heavy (non-hydrogen) atoms. The van der Waals surface area contributed by atoms with E-state index in [2.05, 4.69) is 4.90 Å². The summed E-state index contributed by atoms with van der Waals surface area (Å²) in [5.74, 6) is 1.80. The highest BCUT2D eigenvalue weighted by molar-refractivity contribution is 5.20. The molecule has 1 aromatic carbocycles. The van der Waals surface area contributed by atoms with Gasteiger partial charge in [-0.25, -0.2) is 0 Å². The molecule has 100 valence electrons. The summed E-state index contributed by atoms with van der Waals surface area (Å²) in [5, 5.41) is 0. The van der Waals surface area contributed by atoms with Gasteiger partial charge in [0.25, 0.3) is 0 Å². The Hall–Kier alpha value is -1.06. The molecule has 0 bridgehead atoms. The van der Waals surface area contributed by atoms with Crippen molar-refractivity contribution in [3.05, 3.63) is 30.3 Å². The molecule has 0 amide bonds. The summed E-state index contributed by atoms with van der Waals surface area (Å²) in [4.78, 5) is 2.54. The Bertz CT molecular complexity index is 329. The molecular weight excluding hydrogens is 224 g/mol. The molecule has 1 aromatic rings. The van der Waals surface area contributed by atoms with Gasteiger partial charge in [0.05, 0.1) is 6.61 Å². The summed E-state index contributed by atoms with van der Waals surface area (Å²) in [5.41, 5.74) is 5.60. The Balaban J connectivity index is 1.56. The average Bonchev–Trinajstić information content (AvgIpc) is 2.84. The number of ether oxygens (including phenoxy) is 1. The highest BCUT2D eigenvalue weighted by atomic mass is 16.5. The Morgan fingerprint density at radius 2 is 2.11 bits per heavy atom. The summed E-state index contributed by atoms with van der Waals surface area (Å²) in [7, 11) is 0. The van der Waals surface area contributed by atoms with Gasteiger partial charge in [-0.1, -0.05) is 18.2 Å². The van der Waals surface area contributed by atoms with Gasteiger partial charge in [-0.3, -0.25) is 0 Å². The second-order valence-corrected chi connectivity index (χ2v) is 5.05. The van der Waals surface area contributed by atoms with E-state index in [9.17, 15) is 0 Å². The quantitative estimate of drug-likeness (QED) is 0.751. The van der Waals surface area contributed by atoms with E-state index < -0.39 is 0 Å². The van der Waals surface area contributed by atoms with Crippen molar-refractivity contribution in [1.29, 1.82) is 0 Å². The highest BCUT2D eigenvalue weighted by Gasteiger charge is 2.20. The molecule has 0 saturated carbocycles. The normalized spacial score (nSPS) is 20.2. The van der Waals surface area contributed by atoms with Gasteiger partial charge in [0, 0.05) is 13.1 Å². The van der Waals surface area contributed by atoms with Crippen molar-refractivity contribution in [2.45, 2.75) is 19.3 Å². The van der Waals surface area contributed by atoms with Crippen LogP contribution < -0.4 is 10.5 Å². The minimum absolute atomic E-state index is 0.808. The van der Waals surface area contributed by atoms with Crippen LogP contribution in [-0.2, 0) is 0 Å². The number of benzene rings is 1. The molecule has 2 rings (SSSR count). The van der Waals surface area contributed by atoms with Crippen molar-refractivity contribution in [3.8, 4) is 5.75 Å². The SMILES string of the molecule is NCCC1CCN(CCCOc2ccccc2)C1. The maximum Gasteiger partial charge on any atom is 0.119 e. The standard InChI is InChI=1S/C15H24N2O/c16-9-7-14-8-11-17(13-14)10-4-12-18-15-5-2-1-3-6-15/h1-3,5-6,14H,4,7-13,16H2. The largest absolute Gasteiger partial charge is 0.494 e. The first-order valence-electron chi connectivity index (χ1n) is 6.99. The van der Waals surface area contributed by atoms with Crippen molar-refractivity contribution in [2.75, 3.05) is 32.8 Å². The minimum atomic E-state index is 0.808. The number of likely N-dealkylation sites (tertiary alicyclic amines) is 1. The smallest absolute Gasteiger partial charge is 0.119 e. The Labute approximate surface area is 110 Å². The van der Waals surface area contributed by atoms with E-state index in [0.29, 0.717) is 0 Å². The molecule has 1 aliphatic rings. The van der Waals surface area contributed by atoms with Crippen LogP contribution in [0.15, 0.2) is 30.3 Å². The van der Waals surface area contributed by atoms with Gasteiger partial charge in [-0.2, -0.15) is 0 Å². The second kappa shape index (κ2) is 7.39. The van der Waals surface area contributed by atoms with Gasteiger partial charge in [0.2, 0.25) is 0 Å². The number of hydrogen-bond donors (Lipinski definition) is 1. The van der Waals surface area contributed by atoms with Crippen LogP contribution in [-0.4, -0.2) is 37.7 Å². The van der Waals surface area contributed by atoms with E-state index >= 15 is 0 Å². The number of nitrogens with two attached hydrogens (primary N) is 1. The van der Waals surface area contributed by atoms with E-state index in [1.807, 2.05) is 30.3 Å². The predicted molar refractivity (Wildman–Crippen MR) is 74.8 cm³/mol. The lowest BCUT2D eigenvalue weighted by Crippen LogP contribution is -2.23. The fourth-order valence-corrected chi connectivity index (χ4v) is 2.58. The summed E-state index contributed by atoms with van der Waals surface area (Å²) in [6, 6.07) is 10.0. The maximum atomic E-state index is 5.69. The van der Waals surface area contributed by atoms with Crippen LogP contribution in [0.25, 0.3) is 0 Å². The van der Waals surface area contributed by atoms with Gasteiger partial charge < -0.3 is 15.4 Å². The van der Waals surface area contributed by atoms with Crippen molar-refractivity contribution in [3.63, 3.8) is 0 Å². The second-order valence-electron chi connectivity index (χ2n) is 5.05. The monoisotopic (exact) mass is 248 g/mol. The highest BCUT2D eigenvalue weighted by Crippen LogP contribution is 2.18. The average molecular weight is 248 g/mol. The number of hydrogen-bond acceptors (Lipinski definition) is 3. The Kier molecular flexibility index (Phi) is 5.49.